The van der Waals surface area contributed by atoms with Crippen molar-refractivity contribution in [3.8, 4) is 5.75 Å². The molecule has 136 valence electrons. The van der Waals surface area contributed by atoms with E-state index < -0.39 is 0 Å². The molecule has 3 amide bonds. The number of carbonyl (C=O) groups excluding carboxylic acids is 3. The molecule has 3 aliphatic rings. The number of ether oxygens (including phenoxy) is 1. The molecule has 26 heavy (non-hydrogen) atoms. The van der Waals surface area contributed by atoms with Crippen LogP contribution in [0.1, 0.15) is 16.8 Å². The average Bonchev–Trinajstić information content (AvgIpc) is 3.31. The maximum Gasteiger partial charge on any atom is 0.255 e. The number of amides is 3. The molecule has 0 radical (unpaired) electrons. The molecule has 1 saturated carbocycles. The number of allylic oxidation sites excluding steroid dienone is 2. The van der Waals surface area contributed by atoms with E-state index in [1.54, 1.807) is 12.1 Å². The first-order valence-corrected chi connectivity index (χ1v) is 9.04. The van der Waals surface area contributed by atoms with Crippen LogP contribution >= 0.6 is 11.6 Å². The van der Waals surface area contributed by atoms with Crippen molar-refractivity contribution in [3.63, 3.8) is 0 Å². The number of methoxy groups -OCH3 is 1. The number of halogens is 1. The summed E-state index contributed by atoms with van der Waals surface area (Å²) < 4.78 is 5.17. The van der Waals surface area contributed by atoms with E-state index >= 15 is 0 Å². The van der Waals surface area contributed by atoms with Crippen LogP contribution in [0, 0.1) is 23.7 Å². The summed E-state index contributed by atoms with van der Waals surface area (Å²) in [5, 5.41) is 3.16. The predicted molar refractivity (Wildman–Crippen MR) is 94.8 cm³/mol. The van der Waals surface area contributed by atoms with E-state index in [2.05, 4.69) is 17.5 Å². The van der Waals surface area contributed by atoms with Gasteiger partial charge in [0.1, 0.15) is 5.75 Å². The Balaban J connectivity index is 1.38. The molecule has 1 aromatic carbocycles. The molecule has 1 heterocycles. The summed E-state index contributed by atoms with van der Waals surface area (Å²) in [5.74, 6) is -0.184. The number of imide groups is 1. The van der Waals surface area contributed by atoms with Gasteiger partial charge in [-0.1, -0.05) is 23.8 Å². The number of carbonyl (C=O) groups is 3. The largest absolute Gasteiger partial charge is 0.496 e. The number of likely N-dealkylation sites (tertiary alicyclic amines) is 1. The molecule has 2 aliphatic carbocycles. The molecular weight excluding hydrogens is 356 g/mol. The third-order valence-corrected chi connectivity index (χ3v) is 5.82. The maximum atomic E-state index is 12.6. The van der Waals surface area contributed by atoms with E-state index in [9.17, 15) is 14.4 Å². The summed E-state index contributed by atoms with van der Waals surface area (Å²) in [6, 6.07) is 4.78. The second-order valence-corrected chi connectivity index (χ2v) is 7.36. The van der Waals surface area contributed by atoms with Crippen LogP contribution < -0.4 is 10.1 Å². The normalized spacial score (nSPS) is 28.6. The standard InChI is InChI=1S/C19H19ClN2O4/c1-26-14-5-4-12(20)9-13(14)17(23)21-6-7-22-18(24)15-10-2-3-11(8-10)16(15)19(22)25/h2-5,9-11,15-16H,6-8H2,1H3,(H,21,23)/t10-,11-,15-,16+/m0/s1. The lowest BCUT2D eigenvalue weighted by molar-refractivity contribution is -0.140. The maximum absolute atomic E-state index is 12.6. The van der Waals surface area contributed by atoms with Gasteiger partial charge < -0.3 is 10.1 Å². The van der Waals surface area contributed by atoms with E-state index in [4.69, 9.17) is 16.3 Å². The molecule has 1 N–H and O–H groups in total. The quantitative estimate of drug-likeness (QED) is 0.630. The zero-order valence-electron chi connectivity index (χ0n) is 14.3. The lowest BCUT2D eigenvalue weighted by Crippen LogP contribution is -2.39. The molecule has 1 aromatic rings. The summed E-state index contributed by atoms with van der Waals surface area (Å²) in [6.45, 7) is 0.368. The van der Waals surface area contributed by atoms with Gasteiger partial charge in [-0.3, -0.25) is 19.3 Å². The number of fused-ring (bicyclic) bond motifs is 5. The van der Waals surface area contributed by atoms with E-state index in [0.717, 1.165) is 6.42 Å². The number of benzene rings is 1. The van der Waals surface area contributed by atoms with E-state index in [1.807, 2.05) is 0 Å². The van der Waals surface area contributed by atoms with Crippen molar-refractivity contribution in [2.45, 2.75) is 6.42 Å². The Morgan fingerprint density at radius 1 is 1.23 bits per heavy atom. The highest BCUT2D eigenvalue weighted by molar-refractivity contribution is 6.31. The van der Waals surface area contributed by atoms with Crippen LogP contribution in [-0.4, -0.2) is 42.8 Å². The Kier molecular flexibility index (Phi) is 4.23. The minimum absolute atomic E-state index is 0.105. The van der Waals surface area contributed by atoms with Gasteiger partial charge >= 0.3 is 0 Å². The summed E-state index contributed by atoms with van der Waals surface area (Å²) in [6.07, 6.45) is 5.04. The van der Waals surface area contributed by atoms with Crippen LogP contribution in [-0.2, 0) is 9.59 Å². The van der Waals surface area contributed by atoms with Gasteiger partial charge in [-0.15, -0.1) is 0 Å². The third-order valence-electron chi connectivity index (χ3n) is 5.59. The minimum atomic E-state index is -0.356. The first-order chi connectivity index (χ1) is 12.5. The first kappa shape index (κ1) is 17.1. The topological polar surface area (TPSA) is 75.7 Å². The molecule has 1 aliphatic heterocycles. The van der Waals surface area contributed by atoms with Crippen LogP contribution in [0.4, 0.5) is 0 Å². The molecule has 7 heteroatoms. The molecule has 0 unspecified atom stereocenters. The number of rotatable bonds is 5. The van der Waals surface area contributed by atoms with Crippen molar-refractivity contribution in [3.05, 3.63) is 40.9 Å². The molecule has 6 nitrogen and oxygen atoms in total. The SMILES string of the molecule is COc1ccc(Cl)cc1C(=O)NCCN1C(=O)[C@@H]2[C@H](C1=O)[C@H]1C=C[C@H]2C1. The molecule has 0 spiro atoms. The van der Waals surface area contributed by atoms with Crippen molar-refractivity contribution in [2.75, 3.05) is 20.2 Å². The summed E-state index contributed by atoms with van der Waals surface area (Å²) in [5.41, 5.74) is 0.318. The van der Waals surface area contributed by atoms with E-state index in [0.29, 0.717) is 16.3 Å². The average molecular weight is 375 g/mol. The number of nitrogens with zero attached hydrogens (tertiary/aromatic N) is 1. The highest BCUT2D eigenvalue weighted by Crippen LogP contribution is 2.52. The fourth-order valence-corrected chi connectivity index (χ4v) is 4.59. The van der Waals surface area contributed by atoms with Gasteiger partial charge in [-0.25, -0.2) is 0 Å². The molecule has 4 atom stereocenters. The molecular formula is C19H19ClN2O4. The molecule has 2 bridgehead atoms. The van der Waals surface area contributed by atoms with Crippen LogP contribution in [0.25, 0.3) is 0 Å². The zero-order chi connectivity index (χ0) is 18.4. The Bertz CT molecular complexity index is 792. The highest BCUT2D eigenvalue weighted by atomic mass is 35.5. The zero-order valence-corrected chi connectivity index (χ0v) is 15.0. The molecule has 0 aromatic heterocycles. The summed E-state index contributed by atoms with van der Waals surface area (Å²) in [7, 11) is 1.47. The van der Waals surface area contributed by atoms with Gasteiger partial charge in [-0.05, 0) is 36.5 Å². The van der Waals surface area contributed by atoms with Crippen molar-refractivity contribution in [1.82, 2.24) is 10.2 Å². The Morgan fingerprint density at radius 2 is 1.88 bits per heavy atom. The summed E-state index contributed by atoms with van der Waals surface area (Å²) >= 11 is 5.94. The Hall–Kier alpha value is -2.34. The predicted octanol–water partition coefficient (Wildman–Crippen LogP) is 1.89. The van der Waals surface area contributed by atoms with Gasteiger partial charge in [-0.2, -0.15) is 0 Å². The Labute approximate surface area is 156 Å². The van der Waals surface area contributed by atoms with Gasteiger partial charge in [0, 0.05) is 18.1 Å². The van der Waals surface area contributed by atoms with Crippen LogP contribution in [0.3, 0.4) is 0 Å². The number of hydrogen-bond donors (Lipinski definition) is 1. The number of hydrogen-bond acceptors (Lipinski definition) is 4. The van der Waals surface area contributed by atoms with Gasteiger partial charge in [0.25, 0.3) is 5.91 Å². The molecule has 2 fully saturated rings. The fraction of sp³-hybridized carbons (Fsp3) is 0.421. The van der Waals surface area contributed by atoms with Gasteiger partial charge in [0.15, 0.2) is 0 Å². The molecule has 4 rings (SSSR count). The third kappa shape index (κ3) is 2.60. The fourth-order valence-electron chi connectivity index (χ4n) is 4.42. The van der Waals surface area contributed by atoms with Crippen LogP contribution in [0.5, 0.6) is 5.75 Å². The summed E-state index contributed by atoms with van der Waals surface area (Å²) in [4.78, 5) is 38.9. The van der Waals surface area contributed by atoms with E-state index in [-0.39, 0.29) is 54.5 Å². The van der Waals surface area contributed by atoms with Crippen molar-refractivity contribution in [2.24, 2.45) is 23.7 Å². The second-order valence-electron chi connectivity index (χ2n) is 6.93. The monoisotopic (exact) mass is 374 g/mol. The lowest BCUT2D eigenvalue weighted by atomic mass is 9.85. The van der Waals surface area contributed by atoms with Crippen LogP contribution in [0.2, 0.25) is 5.02 Å². The second kappa shape index (κ2) is 6.43. The smallest absolute Gasteiger partial charge is 0.255 e. The number of nitrogens with one attached hydrogen (secondary N) is 1. The van der Waals surface area contributed by atoms with Crippen molar-refractivity contribution in [1.29, 1.82) is 0 Å². The first-order valence-electron chi connectivity index (χ1n) is 8.66. The van der Waals surface area contributed by atoms with Crippen LogP contribution in [0.15, 0.2) is 30.4 Å². The Morgan fingerprint density at radius 3 is 2.50 bits per heavy atom. The van der Waals surface area contributed by atoms with Crippen molar-refractivity contribution >= 4 is 29.3 Å². The molecule has 1 saturated heterocycles. The van der Waals surface area contributed by atoms with Gasteiger partial charge in [0.2, 0.25) is 11.8 Å². The minimum Gasteiger partial charge on any atom is -0.496 e. The van der Waals surface area contributed by atoms with Gasteiger partial charge in [0.05, 0.1) is 24.5 Å². The highest BCUT2D eigenvalue weighted by Gasteiger charge is 2.58. The lowest BCUT2D eigenvalue weighted by Gasteiger charge is -2.17. The van der Waals surface area contributed by atoms with E-state index in [1.165, 1.54) is 18.1 Å². The van der Waals surface area contributed by atoms with Crippen molar-refractivity contribution < 1.29 is 19.1 Å².